The van der Waals surface area contributed by atoms with E-state index in [2.05, 4.69) is 16.4 Å². The Labute approximate surface area is 133 Å². The smallest absolute Gasteiger partial charge is 0.354 e. The maximum atomic E-state index is 12.6. The van der Waals surface area contributed by atoms with Crippen LogP contribution in [0.15, 0.2) is 35.2 Å². The second-order valence-electron chi connectivity index (χ2n) is 5.01. The molecule has 0 saturated heterocycles. The van der Waals surface area contributed by atoms with Crippen LogP contribution in [0.4, 0.5) is 0 Å². The van der Waals surface area contributed by atoms with Crippen molar-refractivity contribution in [2.75, 3.05) is 6.54 Å². The molecule has 22 heavy (non-hydrogen) atoms. The number of aromatic nitrogens is 1. The van der Waals surface area contributed by atoms with Gasteiger partial charge in [-0.2, -0.15) is 11.3 Å². The Bertz CT molecular complexity index is 638. The van der Waals surface area contributed by atoms with E-state index in [-0.39, 0.29) is 17.6 Å². The van der Waals surface area contributed by atoms with Gasteiger partial charge in [-0.25, -0.2) is 9.78 Å². The zero-order valence-corrected chi connectivity index (χ0v) is 13.3. The summed E-state index contributed by atoms with van der Waals surface area (Å²) in [5.74, 6) is -1.23. The number of rotatable bonds is 6. The van der Waals surface area contributed by atoms with Gasteiger partial charge in [0.25, 0.3) is 5.91 Å². The fourth-order valence-electron chi connectivity index (χ4n) is 2.33. The quantitative estimate of drug-likeness (QED) is 0.889. The number of carbonyl (C=O) groups is 2. The van der Waals surface area contributed by atoms with Crippen LogP contribution in [0.3, 0.4) is 0 Å². The van der Waals surface area contributed by atoms with Crippen molar-refractivity contribution >= 4 is 23.2 Å². The molecule has 2 heterocycles. The number of pyridine rings is 1. The minimum absolute atomic E-state index is 0.0613. The number of nitrogens with zero attached hydrogens (tertiary/aromatic N) is 2. The monoisotopic (exact) mass is 318 g/mol. The van der Waals surface area contributed by atoms with Crippen LogP contribution in [0.25, 0.3) is 0 Å². The lowest BCUT2D eigenvalue weighted by Crippen LogP contribution is -2.39. The number of amides is 1. The second-order valence-corrected chi connectivity index (χ2v) is 5.79. The van der Waals surface area contributed by atoms with Gasteiger partial charge in [-0.05, 0) is 54.8 Å². The van der Waals surface area contributed by atoms with E-state index in [0.717, 1.165) is 6.42 Å². The zero-order chi connectivity index (χ0) is 16.1. The Morgan fingerprint density at radius 2 is 2.14 bits per heavy atom. The molecule has 2 rings (SSSR count). The van der Waals surface area contributed by atoms with E-state index in [0.29, 0.717) is 12.1 Å². The molecule has 0 aliphatic heterocycles. The number of carbonyl (C=O) groups excluding carboxylic acids is 1. The number of hydrogen-bond acceptors (Lipinski definition) is 4. The van der Waals surface area contributed by atoms with Gasteiger partial charge >= 0.3 is 5.97 Å². The molecule has 0 bridgehead atoms. The van der Waals surface area contributed by atoms with Crippen LogP contribution in [-0.2, 0) is 6.42 Å². The Kier molecular flexibility index (Phi) is 5.27. The normalized spacial score (nSPS) is 11.9. The molecule has 0 fully saturated rings. The molecule has 0 saturated carbocycles. The summed E-state index contributed by atoms with van der Waals surface area (Å²) in [5.41, 5.74) is 1.55. The minimum Gasteiger partial charge on any atom is -0.477 e. The molecule has 1 atom stereocenters. The molecule has 0 aliphatic carbocycles. The molecule has 0 aromatic carbocycles. The number of likely N-dealkylation sites (N-methyl/N-ethyl adjacent to an activating group) is 1. The summed E-state index contributed by atoms with van der Waals surface area (Å²) in [7, 11) is 0. The Morgan fingerprint density at radius 3 is 2.64 bits per heavy atom. The molecule has 6 heteroatoms. The number of aromatic carboxylic acids is 1. The minimum atomic E-state index is -1.10. The maximum Gasteiger partial charge on any atom is 0.354 e. The van der Waals surface area contributed by atoms with Crippen molar-refractivity contribution in [1.82, 2.24) is 9.88 Å². The van der Waals surface area contributed by atoms with E-state index in [9.17, 15) is 9.59 Å². The molecule has 1 unspecified atom stereocenters. The summed E-state index contributed by atoms with van der Waals surface area (Å²) in [5, 5.41) is 12.9. The molecule has 116 valence electrons. The van der Waals surface area contributed by atoms with E-state index in [1.165, 1.54) is 23.9 Å². The Balaban J connectivity index is 2.12. The number of carboxylic acid groups (broad SMARTS) is 1. The van der Waals surface area contributed by atoms with Crippen molar-refractivity contribution in [2.24, 2.45) is 0 Å². The lowest BCUT2D eigenvalue weighted by atomic mass is 10.1. The highest BCUT2D eigenvalue weighted by Gasteiger charge is 2.21. The average Bonchev–Trinajstić information content (AvgIpc) is 3.00. The van der Waals surface area contributed by atoms with Crippen LogP contribution in [0.1, 0.15) is 40.3 Å². The molecular formula is C16H18N2O3S. The number of hydrogen-bond donors (Lipinski definition) is 1. The fraction of sp³-hybridized carbons (Fsp3) is 0.312. The average molecular weight is 318 g/mol. The van der Waals surface area contributed by atoms with Crippen LogP contribution < -0.4 is 0 Å². The van der Waals surface area contributed by atoms with Crippen LogP contribution in [0, 0.1) is 0 Å². The molecule has 2 aromatic rings. The maximum absolute atomic E-state index is 12.6. The molecule has 1 N–H and O–H groups in total. The predicted octanol–water partition coefficient (Wildman–Crippen LogP) is 2.93. The van der Waals surface area contributed by atoms with Gasteiger partial charge in [0.15, 0.2) is 0 Å². The van der Waals surface area contributed by atoms with Crippen LogP contribution in [0.5, 0.6) is 0 Å². The fourth-order valence-corrected chi connectivity index (χ4v) is 3.01. The van der Waals surface area contributed by atoms with Crippen molar-refractivity contribution in [2.45, 2.75) is 26.3 Å². The molecule has 1 amide bonds. The topological polar surface area (TPSA) is 70.5 Å². The van der Waals surface area contributed by atoms with Gasteiger partial charge in [0.2, 0.25) is 0 Å². The first kappa shape index (κ1) is 16.2. The van der Waals surface area contributed by atoms with Crippen molar-refractivity contribution < 1.29 is 14.7 Å². The third kappa shape index (κ3) is 3.71. The highest BCUT2D eigenvalue weighted by molar-refractivity contribution is 7.07. The Hall–Kier alpha value is -2.21. The third-order valence-electron chi connectivity index (χ3n) is 3.47. The first-order valence-electron chi connectivity index (χ1n) is 7.04. The van der Waals surface area contributed by atoms with Gasteiger partial charge in [0.05, 0.1) is 5.56 Å². The second kappa shape index (κ2) is 7.17. The SMILES string of the molecule is CCN(C(=O)c1ccc(C(=O)O)nc1)C(C)Cc1ccsc1. The van der Waals surface area contributed by atoms with Gasteiger partial charge < -0.3 is 10.0 Å². The largest absolute Gasteiger partial charge is 0.477 e. The summed E-state index contributed by atoms with van der Waals surface area (Å²) >= 11 is 1.64. The lowest BCUT2D eigenvalue weighted by molar-refractivity contribution is 0.0679. The molecule has 5 nitrogen and oxygen atoms in total. The molecule has 0 aliphatic rings. The summed E-state index contributed by atoms with van der Waals surface area (Å²) in [6, 6.07) is 4.99. The molecule has 2 aromatic heterocycles. The van der Waals surface area contributed by atoms with Gasteiger partial charge in [0, 0.05) is 18.8 Å². The van der Waals surface area contributed by atoms with Crippen molar-refractivity contribution in [3.05, 3.63) is 52.0 Å². The van der Waals surface area contributed by atoms with Crippen LogP contribution in [0.2, 0.25) is 0 Å². The van der Waals surface area contributed by atoms with Gasteiger partial charge in [-0.1, -0.05) is 0 Å². The number of carboxylic acids is 1. The lowest BCUT2D eigenvalue weighted by Gasteiger charge is -2.28. The zero-order valence-electron chi connectivity index (χ0n) is 12.5. The van der Waals surface area contributed by atoms with E-state index >= 15 is 0 Å². The predicted molar refractivity (Wildman–Crippen MR) is 85.4 cm³/mol. The van der Waals surface area contributed by atoms with E-state index < -0.39 is 5.97 Å². The highest BCUT2D eigenvalue weighted by atomic mass is 32.1. The third-order valence-corrected chi connectivity index (χ3v) is 4.21. The molecule has 0 radical (unpaired) electrons. The molecular weight excluding hydrogens is 300 g/mol. The summed E-state index contributed by atoms with van der Waals surface area (Å²) < 4.78 is 0. The van der Waals surface area contributed by atoms with Gasteiger partial charge in [-0.15, -0.1) is 0 Å². The summed E-state index contributed by atoms with van der Waals surface area (Å²) in [6.07, 6.45) is 2.12. The van der Waals surface area contributed by atoms with Crippen LogP contribution in [-0.4, -0.2) is 39.5 Å². The van der Waals surface area contributed by atoms with Gasteiger partial charge in [0.1, 0.15) is 5.69 Å². The van der Waals surface area contributed by atoms with E-state index in [4.69, 9.17) is 5.11 Å². The van der Waals surface area contributed by atoms with E-state index in [1.807, 2.05) is 19.2 Å². The van der Waals surface area contributed by atoms with Crippen molar-refractivity contribution in [1.29, 1.82) is 0 Å². The van der Waals surface area contributed by atoms with Crippen LogP contribution >= 0.6 is 11.3 Å². The summed E-state index contributed by atoms with van der Waals surface area (Å²) in [6.45, 7) is 4.53. The number of thiophene rings is 1. The highest BCUT2D eigenvalue weighted by Crippen LogP contribution is 2.15. The van der Waals surface area contributed by atoms with Crippen molar-refractivity contribution in [3.8, 4) is 0 Å². The first-order chi connectivity index (χ1) is 10.5. The van der Waals surface area contributed by atoms with E-state index in [1.54, 1.807) is 16.2 Å². The first-order valence-corrected chi connectivity index (χ1v) is 7.98. The summed E-state index contributed by atoms with van der Waals surface area (Å²) in [4.78, 5) is 28.9. The van der Waals surface area contributed by atoms with Gasteiger partial charge in [-0.3, -0.25) is 4.79 Å². The standard InChI is InChI=1S/C16H18N2O3S/c1-3-18(11(2)8-12-6-7-22-10-12)15(19)13-4-5-14(16(20)21)17-9-13/h4-7,9-11H,3,8H2,1-2H3,(H,20,21). The Morgan fingerprint density at radius 1 is 1.36 bits per heavy atom. The molecule has 0 spiro atoms. The van der Waals surface area contributed by atoms with Crippen molar-refractivity contribution in [3.63, 3.8) is 0 Å².